The molecular formula is C44H34ClN5. The fourth-order valence-corrected chi connectivity index (χ4v) is 6.97. The molecule has 3 aromatic carbocycles. The van der Waals surface area contributed by atoms with Gasteiger partial charge in [0, 0.05) is 47.0 Å². The van der Waals surface area contributed by atoms with Crippen LogP contribution in [0.2, 0.25) is 0 Å². The van der Waals surface area contributed by atoms with Gasteiger partial charge in [0.2, 0.25) is 0 Å². The molecule has 0 aliphatic carbocycles. The Morgan fingerprint density at radius 3 is 1.80 bits per heavy atom. The molecule has 0 fully saturated rings. The predicted octanol–water partition coefficient (Wildman–Crippen LogP) is 10.7. The van der Waals surface area contributed by atoms with Gasteiger partial charge in [0.15, 0.2) is 0 Å². The third-order valence-electron chi connectivity index (χ3n) is 9.20. The molecule has 0 saturated heterocycles. The summed E-state index contributed by atoms with van der Waals surface area (Å²) in [5.74, 6) is 0. The fourth-order valence-electron chi connectivity index (χ4n) is 6.97. The average Bonchev–Trinajstić information content (AvgIpc) is 3.95. The summed E-state index contributed by atoms with van der Waals surface area (Å²) in [7, 11) is 2.11. The van der Waals surface area contributed by atoms with Crippen LogP contribution in [0.5, 0.6) is 0 Å². The van der Waals surface area contributed by atoms with Crippen molar-refractivity contribution in [2.75, 3.05) is 13.6 Å². The molecule has 6 aromatic rings. The maximum absolute atomic E-state index is 5.30. The predicted molar refractivity (Wildman–Crippen MR) is 212 cm³/mol. The number of nitrogens with zero attached hydrogens (tertiary/aromatic N) is 4. The topological polar surface area (TPSA) is 49.7 Å². The highest BCUT2D eigenvalue weighted by atomic mass is 35.5. The Morgan fingerprint density at radius 1 is 0.580 bits per heavy atom. The van der Waals surface area contributed by atoms with Crippen LogP contribution in [0.3, 0.4) is 0 Å². The Bertz CT molecular complexity index is 2520. The van der Waals surface area contributed by atoms with Crippen LogP contribution in [-0.4, -0.2) is 38.0 Å². The van der Waals surface area contributed by atoms with E-state index in [0.717, 1.165) is 84.9 Å². The molecule has 3 aliphatic rings. The number of nitrogens with one attached hydrogen (secondary N) is 1. The van der Waals surface area contributed by atoms with E-state index in [4.69, 9.17) is 9.97 Å². The maximum atomic E-state index is 5.30. The van der Waals surface area contributed by atoms with Gasteiger partial charge in [-0.25, -0.2) is 9.97 Å². The average molecular weight is 668 g/mol. The highest BCUT2D eigenvalue weighted by Gasteiger charge is 2.26. The molecule has 0 atom stereocenters. The number of hydrogen-bond acceptors (Lipinski definition) is 3. The van der Waals surface area contributed by atoms with Crippen molar-refractivity contribution in [1.82, 2.24) is 24.4 Å². The number of aromatic amines is 1. The van der Waals surface area contributed by atoms with Crippen LogP contribution < -0.4 is 0 Å². The molecule has 0 unspecified atom stereocenters. The number of benzene rings is 3. The second-order valence-electron chi connectivity index (χ2n) is 12.5. The van der Waals surface area contributed by atoms with Gasteiger partial charge in [0.05, 0.1) is 33.8 Å². The van der Waals surface area contributed by atoms with Crippen LogP contribution in [-0.2, 0) is 0 Å². The number of likely N-dealkylation sites (N-methyl/N-ethyl adjacent to an activating group) is 1. The minimum atomic E-state index is 0. The number of aromatic nitrogens is 4. The zero-order valence-electron chi connectivity index (χ0n) is 27.5. The van der Waals surface area contributed by atoms with Gasteiger partial charge >= 0.3 is 0 Å². The van der Waals surface area contributed by atoms with E-state index in [1.807, 2.05) is 0 Å². The zero-order chi connectivity index (χ0) is 32.7. The Hall–Kier alpha value is -6.17. The molecule has 0 amide bonds. The number of halogens is 1. The van der Waals surface area contributed by atoms with Gasteiger partial charge < -0.3 is 14.5 Å². The van der Waals surface area contributed by atoms with Crippen molar-refractivity contribution in [3.05, 3.63) is 168 Å². The highest BCUT2D eigenvalue weighted by molar-refractivity contribution is 6.09. The van der Waals surface area contributed by atoms with Crippen molar-refractivity contribution in [1.29, 1.82) is 0 Å². The van der Waals surface area contributed by atoms with E-state index in [9.17, 15) is 0 Å². The molecule has 6 heteroatoms. The van der Waals surface area contributed by atoms with Gasteiger partial charge in [0.25, 0.3) is 0 Å². The second kappa shape index (κ2) is 13.0. The second-order valence-corrected chi connectivity index (χ2v) is 12.5. The fraction of sp³-hybridized carbons (Fsp3) is 0.0455. The monoisotopic (exact) mass is 667 g/mol. The Labute approximate surface area is 297 Å². The first-order valence-corrected chi connectivity index (χ1v) is 16.6. The number of fused-ring (bicyclic) bond motifs is 8. The summed E-state index contributed by atoms with van der Waals surface area (Å²) in [6.07, 6.45) is 15.2. The Morgan fingerprint density at radius 2 is 1.16 bits per heavy atom. The highest BCUT2D eigenvalue weighted by Crippen LogP contribution is 2.46. The van der Waals surface area contributed by atoms with E-state index in [1.54, 1.807) is 0 Å². The van der Waals surface area contributed by atoms with E-state index < -0.39 is 0 Å². The number of rotatable bonds is 4. The van der Waals surface area contributed by atoms with Crippen molar-refractivity contribution in [2.45, 2.75) is 0 Å². The van der Waals surface area contributed by atoms with E-state index >= 15 is 0 Å². The van der Waals surface area contributed by atoms with Crippen LogP contribution in [0.1, 0.15) is 28.3 Å². The summed E-state index contributed by atoms with van der Waals surface area (Å²) in [5.41, 5.74) is 15.6. The molecule has 3 aromatic heterocycles. The Kier molecular flexibility index (Phi) is 8.11. The lowest BCUT2D eigenvalue weighted by Gasteiger charge is -2.18. The third kappa shape index (κ3) is 5.68. The molecule has 242 valence electrons. The first-order valence-electron chi connectivity index (χ1n) is 16.6. The SMILES string of the molecule is CN1C=CC(c2c(-c3ccccc3)c3c(-c4ccccc4)c4nc(cc5ccc(cc6nc(cc2n3-c2ccccc2)C=C6)[nH]5)C=C4)=CC1.Cl. The molecule has 5 nitrogen and oxygen atoms in total. The summed E-state index contributed by atoms with van der Waals surface area (Å²) in [6, 6.07) is 42.7. The van der Waals surface area contributed by atoms with Crippen LogP contribution in [0.15, 0.2) is 140 Å². The maximum Gasteiger partial charge on any atom is 0.0737 e. The van der Waals surface area contributed by atoms with Crippen LogP contribution in [0.25, 0.3) is 79.9 Å². The molecule has 0 spiro atoms. The molecule has 0 saturated carbocycles. The normalized spacial score (nSPS) is 13.3. The van der Waals surface area contributed by atoms with Crippen molar-refractivity contribution in [2.24, 2.45) is 0 Å². The van der Waals surface area contributed by atoms with E-state index in [-0.39, 0.29) is 12.4 Å². The van der Waals surface area contributed by atoms with Gasteiger partial charge in [-0.3, -0.25) is 0 Å². The van der Waals surface area contributed by atoms with E-state index in [0.29, 0.717) is 0 Å². The van der Waals surface area contributed by atoms with Gasteiger partial charge in [-0.05, 0) is 95.7 Å². The lowest BCUT2D eigenvalue weighted by molar-refractivity contribution is 0.506. The smallest absolute Gasteiger partial charge is 0.0737 e. The number of hydrogen-bond donors (Lipinski definition) is 1. The van der Waals surface area contributed by atoms with Crippen LogP contribution in [0.4, 0.5) is 0 Å². The minimum Gasteiger partial charge on any atom is -0.377 e. The molecule has 9 rings (SSSR count). The summed E-state index contributed by atoms with van der Waals surface area (Å²) in [5, 5.41) is 0. The van der Waals surface area contributed by atoms with Crippen molar-refractivity contribution < 1.29 is 0 Å². The molecule has 3 aliphatic heterocycles. The first-order chi connectivity index (χ1) is 24.2. The zero-order valence-corrected chi connectivity index (χ0v) is 28.3. The summed E-state index contributed by atoms with van der Waals surface area (Å²) in [6.45, 7) is 0.815. The lowest BCUT2D eigenvalue weighted by atomic mass is 9.92. The molecular weight excluding hydrogens is 634 g/mol. The summed E-state index contributed by atoms with van der Waals surface area (Å²) >= 11 is 0. The van der Waals surface area contributed by atoms with Gasteiger partial charge in [-0.15, -0.1) is 12.4 Å². The summed E-state index contributed by atoms with van der Waals surface area (Å²) in [4.78, 5) is 16.1. The third-order valence-corrected chi connectivity index (χ3v) is 9.20. The van der Waals surface area contributed by atoms with E-state index in [2.05, 4.69) is 185 Å². The lowest BCUT2D eigenvalue weighted by Crippen LogP contribution is -2.13. The first kappa shape index (κ1) is 31.1. The molecule has 1 N–H and O–H groups in total. The molecule has 8 bridgehead atoms. The quantitative estimate of drug-likeness (QED) is 0.203. The molecule has 0 radical (unpaired) electrons. The van der Waals surface area contributed by atoms with Crippen molar-refractivity contribution >= 4 is 64.4 Å². The Balaban J connectivity index is 0.00000361. The van der Waals surface area contributed by atoms with Crippen molar-refractivity contribution in [3.63, 3.8) is 0 Å². The molecule has 6 heterocycles. The molecule has 50 heavy (non-hydrogen) atoms. The summed E-state index contributed by atoms with van der Waals surface area (Å²) < 4.78 is 2.42. The standard InChI is InChI=1S/C44H33N5.ClH/c1-48-25-23-32(24-26-48)42-40-29-37-20-19-34(46-37)27-33-17-18-35(45-33)28-36-21-22-39(47-36)41(30-11-5-2-6-12-30)44(43(42)31-13-7-3-8-14-31)49(40)38-15-9-4-10-16-38;/h2-25,27-29,45H,26H2,1H3;1H. The van der Waals surface area contributed by atoms with Gasteiger partial charge in [-0.2, -0.15) is 0 Å². The largest absolute Gasteiger partial charge is 0.377 e. The van der Waals surface area contributed by atoms with E-state index in [1.165, 1.54) is 5.57 Å². The van der Waals surface area contributed by atoms with Crippen LogP contribution >= 0.6 is 12.4 Å². The number of allylic oxidation sites excluding steroid dienone is 2. The minimum absolute atomic E-state index is 0. The van der Waals surface area contributed by atoms with Gasteiger partial charge in [-0.1, -0.05) is 84.9 Å². The van der Waals surface area contributed by atoms with Gasteiger partial charge in [0.1, 0.15) is 0 Å². The van der Waals surface area contributed by atoms with Crippen LogP contribution in [0, 0.1) is 0 Å². The number of H-pyrrole nitrogens is 1. The van der Waals surface area contributed by atoms with Crippen molar-refractivity contribution in [3.8, 4) is 27.9 Å². The number of para-hydroxylation sites is 1.